The van der Waals surface area contributed by atoms with Crippen molar-refractivity contribution < 1.29 is 9.90 Å². The van der Waals surface area contributed by atoms with Gasteiger partial charge in [-0.3, -0.25) is 0 Å². The standard InChI is InChI=1S/C17H25NO2/c1-11-7-8-13-12(2)10-16(3,4)18(14(13)9-11)17(5,6)15(19)20/h7-9,12H,10H2,1-6H3,(H,19,20). The number of benzene rings is 1. The first-order chi connectivity index (χ1) is 9.07. The van der Waals surface area contributed by atoms with E-state index in [0.29, 0.717) is 5.92 Å². The van der Waals surface area contributed by atoms with E-state index in [2.05, 4.69) is 50.8 Å². The van der Waals surface area contributed by atoms with Crippen molar-refractivity contribution in [1.29, 1.82) is 0 Å². The lowest BCUT2D eigenvalue weighted by Gasteiger charge is -2.53. The van der Waals surface area contributed by atoms with Crippen molar-refractivity contribution in [2.45, 2.75) is 65.0 Å². The number of nitrogens with zero attached hydrogens (tertiary/aromatic N) is 1. The van der Waals surface area contributed by atoms with Crippen LogP contribution in [0.2, 0.25) is 0 Å². The second kappa shape index (κ2) is 4.51. The predicted molar refractivity (Wildman–Crippen MR) is 82.5 cm³/mol. The summed E-state index contributed by atoms with van der Waals surface area (Å²) in [5.41, 5.74) is 2.39. The molecule has 0 aliphatic carbocycles. The van der Waals surface area contributed by atoms with Gasteiger partial charge in [-0.2, -0.15) is 0 Å². The summed E-state index contributed by atoms with van der Waals surface area (Å²) in [5, 5.41) is 9.64. The molecule has 0 bridgehead atoms. The Balaban J connectivity index is 2.68. The molecule has 0 radical (unpaired) electrons. The summed E-state index contributed by atoms with van der Waals surface area (Å²) in [4.78, 5) is 13.8. The van der Waals surface area contributed by atoms with Crippen molar-refractivity contribution in [3.63, 3.8) is 0 Å². The Bertz CT molecular complexity index is 546. The number of aliphatic carboxylic acids is 1. The summed E-state index contributed by atoms with van der Waals surface area (Å²) in [6, 6.07) is 6.38. The van der Waals surface area contributed by atoms with Crippen LogP contribution in [0.1, 0.15) is 58.1 Å². The molecule has 110 valence electrons. The van der Waals surface area contributed by atoms with Crippen LogP contribution in [0.4, 0.5) is 5.69 Å². The molecule has 0 spiro atoms. The molecule has 1 aliphatic heterocycles. The summed E-state index contributed by atoms with van der Waals surface area (Å²) in [7, 11) is 0. The van der Waals surface area contributed by atoms with E-state index in [1.54, 1.807) is 13.8 Å². The van der Waals surface area contributed by atoms with Gasteiger partial charge in [0, 0.05) is 11.2 Å². The van der Waals surface area contributed by atoms with Crippen molar-refractivity contribution in [2.24, 2.45) is 0 Å². The molecule has 3 heteroatoms. The number of hydrogen-bond acceptors (Lipinski definition) is 2. The maximum Gasteiger partial charge on any atom is 0.328 e. The zero-order valence-corrected chi connectivity index (χ0v) is 13.3. The number of carboxylic acids is 1. The number of aryl methyl sites for hydroxylation is 1. The Morgan fingerprint density at radius 1 is 1.40 bits per heavy atom. The first-order valence-electron chi connectivity index (χ1n) is 7.21. The van der Waals surface area contributed by atoms with Crippen LogP contribution in [0.15, 0.2) is 18.2 Å². The molecular weight excluding hydrogens is 250 g/mol. The first kappa shape index (κ1) is 14.9. The van der Waals surface area contributed by atoms with Crippen LogP contribution in [0.25, 0.3) is 0 Å². The van der Waals surface area contributed by atoms with E-state index < -0.39 is 11.5 Å². The zero-order valence-electron chi connectivity index (χ0n) is 13.3. The Kier molecular flexibility index (Phi) is 3.35. The number of rotatable bonds is 2. The average Bonchev–Trinajstić information content (AvgIpc) is 2.25. The number of fused-ring (bicyclic) bond motifs is 1. The van der Waals surface area contributed by atoms with E-state index in [-0.39, 0.29) is 5.54 Å². The van der Waals surface area contributed by atoms with Gasteiger partial charge in [0.15, 0.2) is 0 Å². The lowest BCUT2D eigenvalue weighted by Crippen LogP contribution is -2.61. The van der Waals surface area contributed by atoms with Gasteiger partial charge < -0.3 is 10.0 Å². The quantitative estimate of drug-likeness (QED) is 0.888. The number of anilines is 1. The fourth-order valence-electron chi connectivity index (χ4n) is 3.69. The fourth-order valence-corrected chi connectivity index (χ4v) is 3.69. The third kappa shape index (κ3) is 2.19. The van der Waals surface area contributed by atoms with Crippen LogP contribution < -0.4 is 4.90 Å². The molecule has 1 N–H and O–H groups in total. The molecule has 0 saturated heterocycles. The first-order valence-corrected chi connectivity index (χ1v) is 7.21. The van der Waals surface area contributed by atoms with Gasteiger partial charge in [0.05, 0.1) is 0 Å². The maximum atomic E-state index is 11.7. The minimum atomic E-state index is -0.924. The monoisotopic (exact) mass is 275 g/mol. The van der Waals surface area contributed by atoms with Gasteiger partial charge in [0.25, 0.3) is 0 Å². The van der Waals surface area contributed by atoms with Gasteiger partial charge in [0.2, 0.25) is 0 Å². The Hall–Kier alpha value is -1.51. The van der Waals surface area contributed by atoms with E-state index in [9.17, 15) is 9.90 Å². The molecule has 0 aromatic heterocycles. The molecule has 2 rings (SSSR count). The molecule has 0 saturated carbocycles. The van der Waals surface area contributed by atoms with Crippen molar-refractivity contribution >= 4 is 11.7 Å². The third-order valence-corrected chi connectivity index (χ3v) is 4.45. The molecule has 1 aromatic carbocycles. The third-order valence-electron chi connectivity index (χ3n) is 4.45. The largest absolute Gasteiger partial charge is 0.480 e. The van der Waals surface area contributed by atoms with Crippen LogP contribution in [-0.4, -0.2) is 22.2 Å². The fraction of sp³-hybridized carbons (Fsp3) is 0.588. The van der Waals surface area contributed by atoms with Crippen LogP contribution in [0.3, 0.4) is 0 Å². The van der Waals surface area contributed by atoms with E-state index in [1.807, 2.05) is 0 Å². The molecule has 20 heavy (non-hydrogen) atoms. The van der Waals surface area contributed by atoms with Crippen molar-refractivity contribution in [3.8, 4) is 0 Å². The molecule has 1 unspecified atom stereocenters. The topological polar surface area (TPSA) is 40.5 Å². The SMILES string of the molecule is Cc1ccc2c(c1)N(C(C)(C)C(=O)O)C(C)(C)CC2C. The summed E-state index contributed by atoms with van der Waals surface area (Å²) < 4.78 is 0. The van der Waals surface area contributed by atoms with Crippen LogP contribution >= 0.6 is 0 Å². The molecule has 1 atom stereocenters. The minimum absolute atomic E-state index is 0.178. The smallest absolute Gasteiger partial charge is 0.328 e. The van der Waals surface area contributed by atoms with Crippen molar-refractivity contribution in [3.05, 3.63) is 29.3 Å². The summed E-state index contributed by atoms with van der Waals surface area (Å²) in [6.45, 7) is 12.1. The molecular formula is C17H25NO2. The summed E-state index contributed by atoms with van der Waals surface area (Å²) in [5.74, 6) is -0.339. The van der Waals surface area contributed by atoms with E-state index in [1.165, 1.54) is 11.1 Å². The Morgan fingerprint density at radius 2 is 2.00 bits per heavy atom. The summed E-state index contributed by atoms with van der Waals surface area (Å²) >= 11 is 0. The zero-order chi connectivity index (χ0) is 15.3. The molecule has 0 amide bonds. The van der Waals surface area contributed by atoms with E-state index >= 15 is 0 Å². The number of carbonyl (C=O) groups is 1. The molecule has 1 aromatic rings. The van der Waals surface area contributed by atoms with Gasteiger partial charge in [0.1, 0.15) is 5.54 Å². The van der Waals surface area contributed by atoms with Crippen LogP contribution in [0, 0.1) is 6.92 Å². The van der Waals surface area contributed by atoms with Gasteiger partial charge in [-0.05, 0) is 64.2 Å². The van der Waals surface area contributed by atoms with E-state index in [4.69, 9.17) is 0 Å². The highest BCUT2D eigenvalue weighted by molar-refractivity contribution is 5.84. The Morgan fingerprint density at radius 3 is 2.55 bits per heavy atom. The Labute approximate surface area is 121 Å². The van der Waals surface area contributed by atoms with Gasteiger partial charge >= 0.3 is 5.97 Å². The van der Waals surface area contributed by atoms with E-state index in [0.717, 1.165) is 12.1 Å². The molecule has 1 aliphatic rings. The lowest BCUT2D eigenvalue weighted by molar-refractivity contribution is -0.142. The highest BCUT2D eigenvalue weighted by Crippen LogP contribution is 2.46. The minimum Gasteiger partial charge on any atom is -0.480 e. The molecule has 3 nitrogen and oxygen atoms in total. The van der Waals surface area contributed by atoms with Gasteiger partial charge in [-0.25, -0.2) is 4.79 Å². The van der Waals surface area contributed by atoms with Crippen LogP contribution in [-0.2, 0) is 4.79 Å². The highest BCUT2D eigenvalue weighted by Gasteiger charge is 2.47. The second-order valence-electron chi connectivity index (χ2n) is 7.18. The van der Waals surface area contributed by atoms with Gasteiger partial charge in [-0.1, -0.05) is 19.1 Å². The van der Waals surface area contributed by atoms with Gasteiger partial charge in [-0.15, -0.1) is 0 Å². The lowest BCUT2D eigenvalue weighted by atomic mass is 9.77. The van der Waals surface area contributed by atoms with Crippen molar-refractivity contribution in [1.82, 2.24) is 0 Å². The predicted octanol–water partition coefficient (Wildman–Crippen LogP) is 3.95. The second-order valence-corrected chi connectivity index (χ2v) is 7.18. The number of carboxylic acid groups (broad SMARTS) is 1. The van der Waals surface area contributed by atoms with Crippen molar-refractivity contribution in [2.75, 3.05) is 4.90 Å². The average molecular weight is 275 g/mol. The number of hydrogen-bond donors (Lipinski definition) is 1. The highest BCUT2D eigenvalue weighted by atomic mass is 16.4. The van der Waals surface area contributed by atoms with Crippen LogP contribution in [0.5, 0.6) is 0 Å². The summed E-state index contributed by atoms with van der Waals surface area (Å²) in [6.07, 6.45) is 0.958. The normalized spacial score (nSPS) is 21.5. The molecule has 1 heterocycles. The maximum absolute atomic E-state index is 11.7. The molecule has 0 fully saturated rings.